The second-order valence-corrected chi connectivity index (χ2v) is 4.10. The zero-order valence-electron chi connectivity index (χ0n) is 6.95. The SMILES string of the molecule is [c]1ccc2sc3ccccc3c2c1. The molecule has 1 radical (unpaired) electrons. The highest BCUT2D eigenvalue weighted by atomic mass is 32.1. The molecule has 3 rings (SSSR count). The minimum atomic E-state index is 1.32. The van der Waals surface area contributed by atoms with Crippen molar-refractivity contribution in [2.75, 3.05) is 0 Å². The molecule has 0 spiro atoms. The molecule has 0 saturated carbocycles. The third kappa shape index (κ3) is 0.973. The van der Waals surface area contributed by atoms with Crippen LogP contribution in [0.3, 0.4) is 0 Å². The molecule has 0 N–H and O–H groups in total. The molecule has 0 atom stereocenters. The van der Waals surface area contributed by atoms with Gasteiger partial charge in [-0.2, -0.15) is 0 Å². The van der Waals surface area contributed by atoms with Gasteiger partial charge in [0.1, 0.15) is 0 Å². The van der Waals surface area contributed by atoms with Crippen molar-refractivity contribution in [2.45, 2.75) is 0 Å². The molecule has 0 amide bonds. The van der Waals surface area contributed by atoms with Gasteiger partial charge < -0.3 is 0 Å². The second kappa shape index (κ2) is 2.57. The second-order valence-electron chi connectivity index (χ2n) is 3.02. The fraction of sp³-hybridized carbons (Fsp3) is 0. The Morgan fingerprint density at radius 3 is 2.77 bits per heavy atom. The lowest BCUT2D eigenvalue weighted by Crippen LogP contribution is -1.63. The van der Waals surface area contributed by atoms with E-state index in [4.69, 9.17) is 0 Å². The molecule has 0 aliphatic carbocycles. The van der Waals surface area contributed by atoms with Crippen LogP contribution in [0.2, 0.25) is 0 Å². The number of rotatable bonds is 0. The van der Waals surface area contributed by atoms with E-state index in [1.165, 1.54) is 20.2 Å². The van der Waals surface area contributed by atoms with Gasteiger partial charge in [-0.3, -0.25) is 0 Å². The Hall–Kier alpha value is -1.34. The number of fused-ring (bicyclic) bond motifs is 3. The van der Waals surface area contributed by atoms with Crippen LogP contribution in [0.25, 0.3) is 20.2 Å². The van der Waals surface area contributed by atoms with Gasteiger partial charge in [0.2, 0.25) is 0 Å². The standard InChI is InChI=1S/C12H7S/c1-3-7-11-9(5-1)10-6-2-4-8-12(10)13-11/h1,3-8H. The topological polar surface area (TPSA) is 0 Å². The summed E-state index contributed by atoms with van der Waals surface area (Å²) in [5, 5.41) is 2.67. The van der Waals surface area contributed by atoms with E-state index >= 15 is 0 Å². The van der Waals surface area contributed by atoms with Gasteiger partial charge in [0.15, 0.2) is 0 Å². The van der Waals surface area contributed by atoms with Crippen LogP contribution in [0.15, 0.2) is 42.5 Å². The monoisotopic (exact) mass is 183 g/mol. The van der Waals surface area contributed by atoms with E-state index in [2.05, 4.69) is 42.5 Å². The first-order chi connectivity index (χ1) is 6.45. The van der Waals surface area contributed by atoms with E-state index < -0.39 is 0 Å². The molecule has 2 aromatic carbocycles. The summed E-state index contributed by atoms with van der Waals surface area (Å²) in [6, 6.07) is 17.8. The molecule has 1 aromatic heterocycles. The lowest BCUT2D eigenvalue weighted by atomic mass is 10.2. The molecular formula is C12H7S. The summed E-state index contributed by atoms with van der Waals surface area (Å²) in [6.07, 6.45) is 0. The Kier molecular flexibility index (Phi) is 1.41. The fourth-order valence-electron chi connectivity index (χ4n) is 1.61. The Bertz CT molecular complexity index is 513. The van der Waals surface area contributed by atoms with Crippen molar-refractivity contribution in [1.82, 2.24) is 0 Å². The maximum atomic E-state index is 3.12. The maximum Gasteiger partial charge on any atom is 0.0355 e. The Balaban J connectivity index is 2.64. The van der Waals surface area contributed by atoms with Crippen molar-refractivity contribution in [3.8, 4) is 0 Å². The minimum absolute atomic E-state index is 1.32. The lowest BCUT2D eigenvalue weighted by Gasteiger charge is -1.87. The van der Waals surface area contributed by atoms with Gasteiger partial charge in [-0.1, -0.05) is 24.3 Å². The highest BCUT2D eigenvalue weighted by Gasteiger charge is 2.01. The van der Waals surface area contributed by atoms with Crippen molar-refractivity contribution >= 4 is 31.5 Å². The van der Waals surface area contributed by atoms with Crippen molar-refractivity contribution in [3.63, 3.8) is 0 Å². The first-order valence-corrected chi connectivity index (χ1v) is 5.04. The highest BCUT2D eigenvalue weighted by Crippen LogP contribution is 2.32. The van der Waals surface area contributed by atoms with Crippen LogP contribution in [0.4, 0.5) is 0 Å². The first kappa shape index (κ1) is 7.10. The van der Waals surface area contributed by atoms with Gasteiger partial charge in [0, 0.05) is 20.2 Å². The highest BCUT2D eigenvalue weighted by molar-refractivity contribution is 7.25. The minimum Gasteiger partial charge on any atom is -0.135 e. The summed E-state index contributed by atoms with van der Waals surface area (Å²) >= 11 is 1.84. The quantitative estimate of drug-likeness (QED) is 0.496. The molecule has 0 fully saturated rings. The molecule has 0 aliphatic rings. The average molecular weight is 183 g/mol. The van der Waals surface area contributed by atoms with Gasteiger partial charge in [-0.15, -0.1) is 11.3 Å². The van der Waals surface area contributed by atoms with Gasteiger partial charge >= 0.3 is 0 Å². The van der Waals surface area contributed by atoms with Crippen LogP contribution in [-0.4, -0.2) is 0 Å². The fourth-order valence-corrected chi connectivity index (χ4v) is 2.70. The molecule has 0 bridgehead atoms. The van der Waals surface area contributed by atoms with Gasteiger partial charge in [0.05, 0.1) is 0 Å². The Labute approximate surface area is 80.4 Å². The number of benzene rings is 2. The van der Waals surface area contributed by atoms with E-state index in [9.17, 15) is 0 Å². The van der Waals surface area contributed by atoms with E-state index in [1.807, 2.05) is 17.4 Å². The Morgan fingerprint density at radius 1 is 0.923 bits per heavy atom. The molecule has 3 aromatic rings. The summed E-state index contributed by atoms with van der Waals surface area (Å²) in [5.41, 5.74) is 0. The number of hydrogen-bond donors (Lipinski definition) is 0. The maximum absolute atomic E-state index is 3.12. The lowest BCUT2D eigenvalue weighted by molar-refractivity contribution is 1.82. The predicted octanol–water partition coefficient (Wildman–Crippen LogP) is 3.85. The van der Waals surface area contributed by atoms with Gasteiger partial charge in [-0.05, 0) is 24.3 Å². The van der Waals surface area contributed by atoms with Crippen LogP contribution in [0, 0.1) is 6.07 Å². The summed E-state index contributed by atoms with van der Waals surface area (Å²) in [6.45, 7) is 0. The van der Waals surface area contributed by atoms with Crippen LogP contribution < -0.4 is 0 Å². The summed E-state index contributed by atoms with van der Waals surface area (Å²) in [7, 11) is 0. The summed E-state index contributed by atoms with van der Waals surface area (Å²) in [5.74, 6) is 0. The summed E-state index contributed by atoms with van der Waals surface area (Å²) < 4.78 is 2.71. The predicted molar refractivity (Wildman–Crippen MR) is 58.2 cm³/mol. The average Bonchev–Trinajstić information content (AvgIpc) is 2.56. The van der Waals surface area contributed by atoms with E-state index in [0.29, 0.717) is 0 Å². The molecule has 1 heteroatoms. The molecule has 0 saturated heterocycles. The van der Waals surface area contributed by atoms with Gasteiger partial charge in [-0.25, -0.2) is 0 Å². The first-order valence-electron chi connectivity index (χ1n) is 4.22. The normalized spacial score (nSPS) is 11.1. The molecule has 1 heterocycles. The third-order valence-corrected chi connectivity index (χ3v) is 3.37. The number of thiophene rings is 1. The van der Waals surface area contributed by atoms with E-state index in [1.54, 1.807) is 0 Å². The smallest absolute Gasteiger partial charge is 0.0355 e. The molecular weight excluding hydrogens is 176 g/mol. The van der Waals surface area contributed by atoms with Crippen LogP contribution in [0.5, 0.6) is 0 Å². The van der Waals surface area contributed by atoms with Gasteiger partial charge in [0.25, 0.3) is 0 Å². The number of hydrogen-bond acceptors (Lipinski definition) is 1. The molecule has 0 aliphatic heterocycles. The Morgan fingerprint density at radius 2 is 1.77 bits per heavy atom. The molecule has 61 valence electrons. The van der Waals surface area contributed by atoms with E-state index in [-0.39, 0.29) is 0 Å². The van der Waals surface area contributed by atoms with Crippen molar-refractivity contribution in [1.29, 1.82) is 0 Å². The summed E-state index contributed by atoms with van der Waals surface area (Å²) in [4.78, 5) is 0. The zero-order valence-corrected chi connectivity index (χ0v) is 7.77. The molecule has 13 heavy (non-hydrogen) atoms. The van der Waals surface area contributed by atoms with Crippen LogP contribution in [-0.2, 0) is 0 Å². The largest absolute Gasteiger partial charge is 0.135 e. The molecule has 0 unspecified atom stereocenters. The van der Waals surface area contributed by atoms with Crippen LogP contribution >= 0.6 is 11.3 Å². The third-order valence-electron chi connectivity index (χ3n) is 2.22. The van der Waals surface area contributed by atoms with Crippen molar-refractivity contribution < 1.29 is 0 Å². The van der Waals surface area contributed by atoms with E-state index in [0.717, 1.165) is 0 Å². The van der Waals surface area contributed by atoms with Crippen LogP contribution in [0.1, 0.15) is 0 Å². The van der Waals surface area contributed by atoms with Crippen molar-refractivity contribution in [3.05, 3.63) is 48.5 Å². The van der Waals surface area contributed by atoms with Crippen molar-refractivity contribution in [2.24, 2.45) is 0 Å². The molecule has 0 nitrogen and oxygen atoms in total. The zero-order chi connectivity index (χ0) is 8.67.